The Kier molecular flexibility index (Phi) is 8.88. The molecule has 0 amide bonds. The van der Waals surface area contributed by atoms with Crippen molar-refractivity contribution >= 4 is 29.6 Å². The standard InChI is InChI=1S/C28H27ClO7/c1-33-24-15-11-22(12-16-24)28(26(31)35-3,36-19-21-7-5-4-6-8-21)27(32,25(30)34-2)18-17-20-9-13-23(29)14-10-20/h4-18,32H,19H2,1-3H3/b18-17+/t27-,28+/m0/s1. The van der Waals surface area contributed by atoms with Gasteiger partial charge in [-0.15, -0.1) is 0 Å². The van der Waals surface area contributed by atoms with Crippen molar-refractivity contribution in [2.45, 2.75) is 17.8 Å². The van der Waals surface area contributed by atoms with Crippen LogP contribution < -0.4 is 4.74 Å². The highest BCUT2D eigenvalue weighted by atomic mass is 35.5. The number of halogens is 1. The molecule has 36 heavy (non-hydrogen) atoms. The SMILES string of the molecule is COC(=O)[C@@](O)(/C=C/c1ccc(Cl)cc1)[C@](OCc1ccccc1)(C(=O)OC)c1ccc(OC)cc1. The van der Waals surface area contributed by atoms with Crippen LogP contribution in [0.2, 0.25) is 5.02 Å². The number of benzene rings is 3. The summed E-state index contributed by atoms with van der Waals surface area (Å²) in [4.78, 5) is 26.8. The van der Waals surface area contributed by atoms with Gasteiger partial charge in [0.25, 0.3) is 0 Å². The van der Waals surface area contributed by atoms with Crippen LogP contribution in [0, 0.1) is 0 Å². The van der Waals surface area contributed by atoms with Crippen LogP contribution in [0.5, 0.6) is 5.75 Å². The van der Waals surface area contributed by atoms with Gasteiger partial charge in [0.2, 0.25) is 11.2 Å². The molecular weight excluding hydrogens is 484 g/mol. The number of aliphatic hydroxyl groups is 1. The Morgan fingerprint density at radius 3 is 2.03 bits per heavy atom. The lowest BCUT2D eigenvalue weighted by atomic mass is 9.76. The molecule has 0 unspecified atom stereocenters. The molecule has 0 aliphatic rings. The first-order valence-electron chi connectivity index (χ1n) is 11.0. The van der Waals surface area contributed by atoms with E-state index in [0.29, 0.717) is 21.9 Å². The first-order valence-corrected chi connectivity index (χ1v) is 11.3. The maximum absolute atomic E-state index is 13.5. The number of carbonyl (C=O) groups excluding carboxylic acids is 2. The van der Waals surface area contributed by atoms with Gasteiger partial charge in [-0.1, -0.05) is 72.3 Å². The predicted octanol–water partition coefficient (Wildman–Crippen LogP) is 4.55. The van der Waals surface area contributed by atoms with Crippen LogP contribution in [0.1, 0.15) is 16.7 Å². The summed E-state index contributed by atoms with van der Waals surface area (Å²) in [7, 11) is 3.75. The molecule has 0 spiro atoms. The monoisotopic (exact) mass is 510 g/mol. The Labute approximate surface area is 214 Å². The van der Waals surface area contributed by atoms with Crippen molar-refractivity contribution in [1.29, 1.82) is 0 Å². The molecule has 0 aliphatic heterocycles. The number of ether oxygens (including phenoxy) is 4. The summed E-state index contributed by atoms with van der Waals surface area (Å²) in [5.41, 5.74) is -3.52. The van der Waals surface area contributed by atoms with E-state index in [1.807, 2.05) is 6.07 Å². The lowest BCUT2D eigenvalue weighted by molar-refractivity contribution is -0.218. The van der Waals surface area contributed by atoms with Crippen molar-refractivity contribution < 1.29 is 33.6 Å². The number of hydrogen-bond donors (Lipinski definition) is 1. The molecule has 3 rings (SSSR count). The zero-order chi connectivity index (χ0) is 26.2. The van der Waals surface area contributed by atoms with Crippen LogP contribution in [0.15, 0.2) is 84.9 Å². The number of carbonyl (C=O) groups is 2. The fraction of sp³-hybridized carbons (Fsp3) is 0.214. The summed E-state index contributed by atoms with van der Waals surface area (Å²) in [6, 6.07) is 21.9. The van der Waals surface area contributed by atoms with Gasteiger partial charge < -0.3 is 24.1 Å². The van der Waals surface area contributed by atoms with Gasteiger partial charge in [0.15, 0.2) is 0 Å². The fourth-order valence-electron chi connectivity index (χ4n) is 3.76. The van der Waals surface area contributed by atoms with Crippen LogP contribution in [-0.2, 0) is 36.0 Å². The molecule has 0 heterocycles. The minimum absolute atomic E-state index is 0.129. The molecule has 0 bridgehead atoms. The topological polar surface area (TPSA) is 91.3 Å². The molecule has 188 valence electrons. The summed E-state index contributed by atoms with van der Waals surface area (Å²) in [5.74, 6) is -1.63. The quantitative estimate of drug-likeness (QED) is 0.400. The Morgan fingerprint density at radius 2 is 1.47 bits per heavy atom. The van der Waals surface area contributed by atoms with Gasteiger partial charge in [0.1, 0.15) is 5.75 Å². The highest BCUT2D eigenvalue weighted by Gasteiger charge is 2.63. The minimum atomic E-state index is -2.64. The summed E-state index contributed by atoms with van der Waals surface area (Å²) >= 11 is 5.97. The first-order chi connectivity index (χ1) is 17.3. The van der Waals surface area contributed by atoms with Crippen molar-refractivity contribution in [3.05, 3.63) is 107 Å². The number of rotatable bonds is 10. The van der Waals surface area contributed by atoms with E-state index < -0.39 is 23.1 Å². The molecule has 1 N–H and O–H groups in total. The van der Waals surface area contributed by atoms with E-state index in [4.69, 9.17) is 30.5 Å². The molecule has 0 saturated carbocycles. The largest absolute Gasteiger partial charge is 0.497 e. The van der Waals surface area contributed by atoms with Gasteiger partial charge in [-0.3, -0.25) is 0 Å². The lowest BCUT2D eigenvalue weighted by Crippen LogP contribution is -2.62. The molecule has 0 saturated heterocycles. The summed E-state index contributed by atoms with van der Waals surface area (Å²) < 4.78 is 21.5. The van der Waals surface area contributed by atoms with Crippen LogP contribution in [0.3, 0.4) is 0 Å². The molecule has 8 heteroatoms. The van der Waals surface area contributed by atoms with Crippen LogP contribution in [-0.4, -0.2) is 44.0 Å². The molecule has 0 aliphatic carbocycles. The van der Waals surface area contributed by atoms with Gasteiger partial charge >= 0.3 is 11.9 Å². The maximum atomic E-state index is 13.5. The highest BCUT2D eigenvalue weighted by Crippen LogP contribution is 2.42. The number of hydrogen-bond acceptors (Lipinski definition) is 7. The van der Waals surface area contributed by atoms with Crippen LogP contribution >= 0.6 is 11.6 Å². The van der Waals surface area contributed by atoms with Crippen molar-refractivity contribution in [2.75, 3.05) is 21.3 Å². The van der Waals surface area contributed by atoms with Crippen LogP contribution in [0.25, 0.3) is 6.08 Å². The van der Waals surface area contributed by atoms with Crippen molar-refractivity contribution in [2.24, 2.45) is 0 Å². The lowest BCUT2D eigenvalue weighted by Gasteiger charge is -2.41. The van der Waals surface area contributed by atoms with Gasteiger partial charge in [0.05, 0.1) is 27.9 Å². The summed E-state index contributed by atoms with van der Waals surface area (Å²) in [6.07, 6.45) is 2.63. The number of esters is 2. The maximum Gasteiger partial charge on any atom is 0.346 e. The fourth-order valence-corrected chi connectivity index (χ4v) is 3.88. The Hall–Kier alpha value is -3.65. The molecule has 3 aromatic carbocycles. The summed E-state index contributed by atoms with van der Waals surface area (Å²) in [6.45, 7) is -0.129. The van der Waals surface area contributed by atoms with Crippen molar-refractivity contribution in [3.8, 4) is 5.75 Å². The Bertz CT molecular complexity index is 1190. The second-order valence-electron chi connectivity index (χ2n) is 7.82. The Balaban J connectivity index is 2.25. The van der Waals surface area contributed by atoms with E-state index >= 15 is 0 Å². The van der Waals surface area contributed by atoms with E-state index in [1.165, 1.54) is 25.3 Å². The predicted molar refractivity (Wildman–Crippen MR) is 135 cm³/mol. The van der Waals surface area contributed by atoms with Gasteiger partial charge in [-0.25, -0.2) is 9.59 Å². The second kappa shape index (κ2) is 11.9. The highest BCUT2D eigenvalue weighted by molar-refractivity contribution is 6.30. The molecular formula is C28H27ClO7. The van der Waals surface area contributed by atoms with Crippen molar-refractivity contribution in [1.82, 2.24) is 0 Å². The minimum Gasteiger partial charge on any atom is -0.497 e. The van der Waals surface area contributed by atoms with E-state index in [-0.39, 0.29) is 12.2 Å². The molecule has 2 atom stereocenters. The molecule has 3 aromatic rings. The van der Waals surface area contributed by atoms with Crippen LogP contribution in [0.4, 0.5) is 0 Å². The van der Waals surface area contributed by atoms with Gasteiger partial charge in [0, 0.05) is 5.02 Å². The zero-order valence-corrected chi connectivity index (χ0v) is 20.9. The molecule has 0 aromatic heterocycles. The normalized spacial score (nSPS) is 14.5. The van der Waals surface area contributed by atoms with Gasteiger partial charge in [-0.2, -0.15) is 0 Å². The third-order valence-corrected chi connectivity index (χ3v) is 5.94. The average molecular weight is 511 g/mol. The smallest absolute Gasteiger partial charge is 0.346 e. The zero-order valence-electron chi connectivity index (χ0n) is 20.1. The number of methoxy groups -OCH3 is 3. The van der Waals surface area contributed by atoms with E-state index in [1.54, 1.807) is 60.7 Å². The molecule has 0 fully saturated rings. The van der Waals surface area contributed by atoms with Gasteiger partial charge in [-0.05, 0) is 47.0 Å². The molecule has 0 radical (unpaired) electrons. The summed E-state index contributed by atoms with van der Waals surface area (Å²) in [5, 5.41) is 12.5. The molecule has 7 nitrogen and oxygen atoms in total. The third kappa shape index (κ3) is 5.44. The third-order valence-electron chi connectivity index (χ3n) is 5.69. The first kappa shape index (κ1) is 26.9. The van der Waals surface area contributed by atoms with E-state index in [0.717, 1.165) is 20.3 Å². The van der Waals surface area contributed by atoms with Crippen molar-refractivity contribution in [3.63, 3.8) is 0 Å². The second-order valence-corrected chi connectivity index (χ2v) is 8.25. The Morgan fingerprint density at radius 1 is 0.861 bits per heavy atom. The van der Waals surface area contributed by atoms with E-state index in [9.17, 15) is 14.7 Å². The average Bonchev–Trinajstić information content (AvgIpc) is 2.93. The van der Waals surface area contributed by atoms with E-state index in [2.05, 4.69) is 0 Å².